The van der Waals surface area contributed by atoms with Crippen molar-refractivity contribution in [3.63, 3.8) is 0 Å². The Bertz CT molecular complexity index is 800. The van der Waals surface area contributed by atoms with Crippen LogP contribution >= 0.6 is 0 Å². The topological polar surface area (TPSA) is 108 Å². The molecular formula is C12H16N4O5. The molecule has 1 N–H and O–H groups in total. The number of hydrogen-bond acceptors (Lipinski definition) is 6. The predicted octanol–water partition coefficient (Wildman–Crippen LogP) is -1.38. The van der Waals surface area contributed by atoms with Gasteiger partial charge in [0.1, 0.15) is 6.04 Å². The minimum atomic E-state index is -0.757. The number of imidazole rings is 1. The summed E-state index contributed by atoms with van der Waals surface area (Å²) in [5, 5.41) is 8.98. The normalized spacial score (nSPS) is 12.6. The third-order valence-corrected chi connectivity index (χ3v) is 3.34. The maximum absolute atomic E-state index is 12.4. The van der Waals surface area contributed by atoms with Crippen LogP contribution in [0.3, 0.4) is 0 Å². The number of ether oxygens (including phenoxy) is 1. The SMILES string of the molecule is COC(=O)C(C)n1cnc2c1c(=O)n(CCO)c(=O)n2C. The highest BCUT2D eigenvalue weighted by molar-refractivity contribution is 5.78. The molecule has 2 aromatic heterocycles. The predicted molar refractivity (Wildman–Crippen MR) is 73.0 cm³/mol. The number of carbonyl (C=O) groups is 1. The van der Waals surface area contributed by atoms with Crippen LogP contribution in [0.2, 0.25) is 0 Å². The number of esters is 1. The van der Waals surface area contributed by atoms with Gasteiger partial charge in [0.05, 0.1) is 26.6 Å². The first-order valence-corrected chi connectivity index (χ1v) is 6.29. The van der Waals surface area contributed by atoms with Crippen LogP contribution in [0.5, 0.6) is 0 Å². The van der Waals surface area contributed by atoms with Crippen molar-refractivity contribution in [2.24, 2.45) is 7.05 Å². The van der Waals surface area contributed by atoms with Gasteiger partial charge in [0.2, 0.25) is 0 Å². The molecule has 2 aromatic rings. The van der Waals surface area contributed by atoms with Gasteiger partial charge in [-0.3, -0.25) is 13.9 Å². The fraction of sp³-hybridized carbons (Fsp3) is 0.500. The van der Waals surface area contributed by atoms with E-state index >= 15 is 0 Å². The van der Waals surface area contributed by atoms with Crippen molar-refractivity contribution < 1.29 is 14.6 Å². The molecule has 0 bridgehead atoms. The van der Waals surface area contributed by atoms with Gasteiger partial charge in [-0.25, -0.2) is 14.6 Å². The highest BCUT2D eigenvalue weighted by Gasteiger charge is 2.22. The van der Waals surface area contributed by atoms with Gasteiger partial charge in [0.15, 0.2) is 11.2 Å². The Morgan fingerprint density at radius 3 is 2.71 bits per heavy atom. The molecule has 2 rings (SSSR count). The zero-order valence-corrected chi connectivity index (χ0v) is 11.9. The lowest BCUT2D eigenvalue weighted by atomic mass is 10.3. The van der Waals surface area contributed by atoms with E-state index in [4.69, 9.17) is 5.11 Å². The zero-order valence-electron chi connectivity index (χ0n) is 11.9. The number of carbonyl (C=O) groups excluding carboxylic acids is 1. The zero-order chi connectivity index (χ0) is 15.7. The second-order valence-electron chi connectivity index (χ2n) is 4.55. The van der Waals surface area contributed by atoms with Crippen molar-refractivity contribution in [3.8, 4) is 0 Å². The van der Waals surface area contributed by atoms with Gasteiger partial charge < -0.3 is 14.4 Å². The Morgan fingerprint density at radius 2 is 2.14 bits per heavy atom. The first-order valence-electron chi connectivity index (χ1n) is 6.29. The van der Waals surface area contributed by atoms with E-state index in [0.717, 1.165) is 4.57 Å². The van der Waals surface area contributed by atoms with Crippen molar-refractivity contribution in [3.05, 3.63) is 27.2 Å². The van der Waals surface area contributed by atoms with E-state index in [1.165, 1.54) is 29.6 Å². The average Bonchev–Trinajstić information content (AvgIpc) is 2.92. The van der Waals surface area contributed by atoms with Crippen molar-refractivity contribution in [1.29, 1.82) is 0 Å². The second kappa shape index (κ2) is 5.52. The first kappa shape index (κ1) is 15.0. The summed E-state index contributed by atoms with van der Waals surface area (Å²) >= 11 is 0. The second-order valence-corrected chi connectivity index (χ2v) is 4.55. The molecule has 0 fully saturated rings. The number of nitrogens with zero attached hydrogens (tertiary/aromatic N) is 4. The van der Waals surface area contributed by atoms with E-state index in [-0.39, 0.29) is 24.3 Å². The molecule has 0 saturated carbocycles. The third-order valence-electron chi connectivity index (χ3n) is 3.34. The van der Waals surface area contributed by atoms with Crippen LogP contribution in [0.25, 0.3) is 11.2 Å². The van der Waals surface area contributed by atoms with Crippen LogP contribution < -0.4 is 11.2 Å². The van der Waals surface area contributed by atoms with Gasteiger partial charge in [0, 0.05) is 7.05 Å². The lowest BCUT2D eigenvalue weighted by Gasteiger charge is -2.12. The van der Waals surface area contributed by atoms with Gasteiger partial charge in [-0.2, -0.15) is 0 Å². The van der Waals surface area contributed by atoms with E-state index in [2.05, 4.69) is 9.72 Å². The Morgan fingerprint density at radius 1 is 1.48 bits per heavy atom. The number of methoxy groups -OCH3 is 1. The summed E-state index contributed by atoms with van der Waals surface area (Å²) in [6, 6.07) is -0.757. The Kier molecular flexibility index (Phi) is 3.94. The van der Waals surface area contributed by atoms with Gasteiger partial charge in [-0.15, -0.1) is 0 Å². The van der Waals surface area contributed by atoms with Crippen LogP contribution in [0.15, 0.2) is 15.9 Å². The number of aromatic nitrogens is 4. The molecule has 9 heteroatoms. The number of aliphatic hydroxyl groups excluding tert-OH is 1. The van der Waals surface area contributed by atoms with Gasteiger partial charge in [-0.05, 0) is 6.92 Å². The van der Waals surface area contributed by atoms with Crippen molar-refractivity contribution in [2.45, 2.75) is 19.5 Å². The first-order chi connectivity index (χ1) is 9.93. The minimum Gasteiger partial charge on any atom is -0.467 e. The quantitative estimate of drug-likeness (QED) is 0.697. The Hall–Kier alpha value is -2.42. The number of fused-ring (bicyclic) bond motifs is 1. The molecule has 0 amide bonds. The van der Waals surface area contributed by atoms with Crippen molar-refractivity contribution >= 4 is 17.1 Å². The Labute approximate surface area is 119 Å². The molecule has 114 valence electrons. The third kappa shape index (κ3) is 2.25. The number of rotatable bonds is 4. The van der Waals surface area contributed by atoms with Crippen LogP contribution in [-0.2, 0) is 23.1 Å². The minimum absolute atomic E-state index is 0.114. The largest absolute Gasteiger partial charge is 0.467 e. The molecule has 21 heavy (non-hydrogen) atoms. The van der Waals surface area contributed by atoms with E-state index < -0.39 is 23.3 Å². The summed E-state index contributed by atoms with van der Waals surface area (Å²) in [5.74, 6) is -0.531. The average molecular weight is 296 g/mol. The lowest BCUT2D eigenvalue weighted by Crippen LogP contribution is -2.40. The smallest absolute Gasteiger partial charge is 0.332 e. The summed E-state index contributed by atoms with van der Waals surface area (Å²) < 4.78 is 8.12. The molecule has 0 spiro atoms. The molecule has 0 aliphatic rings. The highest BCUT2D eigenvalue weighted by atomic mass is 16.5. The standard InChI is InChI=1S/C12H16N4O5/c1-7(11(19)21-3)16-6-13-9-8(16)10(18)15(4-5-17)12(20)14(9)2/h6-7,17H,4-5H2,1-3H3. The Balaban J connectivity index is 2.81. The van der Waals surface area contributed by atoms with Crippen LogP contribution in [0.1, 0.15) is 13.0 Å². The maximum Gasteiger partial charge on any atom is 0.332 e. The molecular weight excluding hydrogens is 280 g/mol. The molecule has 0 saturated heterocycles. The number of aryl methyl sites for hydroxylation is 1. The number of aliphatic hydroxyl groups is 1. The lowest BCUT2D eigenvalue weighted by molar-refractivity contribution is -0.143. The van der Waals surface area contributed by atoms with Crippen molar-refractivity contribution in [2.75, 3.05) is 13.7 Å². The summed E-state index contributed by atoms with van der Waals surface area (Å²) in [6.07, 6.45) is 1.32. The molecule has 0 aliphatic heterocycles. The molecule has 9 nitrogen and oxygen atoms in total. The van der Waals surface area contributed by atoms with Crippen molar-refractivity contribution in [1.82, 2.24) is 18.7 Å². The van der Waals surface area contributed by atoms with E-state index in [1.807, 2.05) is 0 Å². The van der Waals surface area contributed by atoms with E-state index in [0.29, 0.717) is 0 Å². The maximum atomic E-state index is 12.4. The van der Waals surface area contributed by atoms with Gasteiger partial charge in [0.25, 0.3) is 5.56 Å². The monoisotopic (exact) mass is 296 g/mol. The fourth-order valence-corrected chi connectivity index (χ4v) is 2.16. The molecule has 1 atom stereocenters. The van der Waals surface area contributed by atoms with E-state index in [9.17, 15) is 14.4 Å². The van der Waals surface area contributed by atoms with Crippen LogP contribution in [0, 0.1) is 0 Å². The molecule has 1 unspecified atom stereocenters. The number of hydrogen-bond donors (Lipinski definition) is 1. The fourth-order valence-electron chi connectivity index (χ4n) is 2.16. The molecule has 0 aromatic carbocycles. The summed E-state index contributed by atoms with van der Waals surface area (Å²) in [4.78, 5) is 40.1. The highest BCUT2D eigenvalue weighted by Crippen LogP contribution is 2.14. The summed E-state index contributed by atoms with van der Waals surface area (Å²) in [7, 11) is 2.72. The van der Waals surface area contributed by atoms with Crippen LogP contribution in [-0.4, -0.2) is 43.5 Å². The van der Waals surface area contributed by atoms with Gasteiger partial charge >= 0.3 is 11.7 Å². The molecule has 0 aliphatic carbocycles. The molecule has 2 heterocycles. The van der Waals surface area contributed by atoms with E-state index in [1.54, 1.807) is 6.92 Å². The summed E-state index contributed by atoms with van der Waals surface area (Å²) in [5.41, 5.74) is -0.883. The van der Waals surface area contributed by atoms with Gasteiger partial charge in [-0.1, -0.05) is 0 Å². The van der Waals surface area contributed by atoms with Crippen LogP contribution in [0.4, 0.5) is 0 Å². The summed E-state index contributed by atoms with van der Waals surface area (Å²) in [6.45, 7) is 1.09. The molecule has 0 radical (unpaired) electrons.